The second kappa shape index (κ2) is 6.44. The fourth-order valence-electron chi connectivity index (χ4n) is 1.74. The predicted molar refractivity (Wildman–Crippen MR) is 56.7 cm³/mol. The van der Waals surface area contributed by atoms with Crippen LogP contribution < -0.4 is 10.6 Å². The molecule has 2 N–H and O–H groups in total. The van der Waals surface area contributed by atoms with Gasteiger partial charge in [-0.3, -0.25) is 4.79 Å². The first-order valence-electron chi connectivity index (χ1n) is 5.24. The van der Waals surface area contributed by atoms with Gasteiger partial charge in [0.25, 0.3) is 0 Å². The molecule has 0 aromatic heterocycles. The molecule has 1 unspecified atom stereocenters. The molecule has 0 aromatic rings. The molecule has 78 valence electrons. The van der Waals surface area contributed by atoms with Crippen LogP contribution in [0.4, 0.5) is 0 Å². The minimum atomic E-state index is -0.0312. The van der Waals surface area contributed by atoms with Crippen LogP contribution in [0.3, 0.4) is 0 Å². The number of carbonyl (C=O) groups is 1. The van der Waals surface area contributed by atoms with Gasteiger partial charge >= 0.3 is 0 Å². The van der Waals surface area contributed by atoms with E-state index in [0.717, 1.165) is 32.0 Å². The molecular formula is C11H18N2O. The monoisotopic (exact) mass is 194 g/mol. The van der Waals surface area contributed by atoms with Gasteiger partial charge in [0, 0.05) is 6.54 Å². The Morgan fingerprint density at radius 2 is 2.50 bits per heavy atom. The maximum absolute atomic E-state index is 11.0. The molecule has 14 heavy (non-hydrogen) atoms. The molecule has 1 heterocycles. The second-order valence-corrected chi connectivity index (χ2v) is 3.73. The zero-order valence-electron chi connectivity index (χ0n) is 8.51. The topological polar surface area (TPSA) is 41.1 Å². The van der Waals surface area contributed by atoms with Crippen LogP contribution in [0.1, 0.15) is 25.7 Å². The van der Waals surface area contributed by atoms with E-state index >= 15 is 0 Å². The van der Waals surface area contributed by atoms with Crippen LogP contribution >= 0.6 is 0 Å². The smallest absolute Gasteiger partial charge is 0.232 e. The zero-order valence-corrected chi connectivity index (χ0v) is 8.51. The molecule has 0 bridgehead atoms. The molecule has 3 heteroatoms. The standard InChI is InChI=1S/C11H18N2O/c1-2-4-11(14)13-8-6-10-5-3-7-12-9-10/h1,10,12H,3-9H2,(H,13,14). The highest BCUT2D eigenvalue weighted by atomic mass is 16.1. The molecule has 0 saturated carbocycles. The fourth-order valence-corrected chi connectivity index (χ4v) is 1.74. The number of hydrogen-bond donors (Lipinski definition) is 2. The number of amides is 1. The Labute approximate surface area is 85.6 Å². The summed E-state index contributed by atoms with van der Waals surface area (Å²) in [5.74, 6) is 3.02. The summed E-state index contributed by atoms with van der Waals surface area (Å²) in [6, 6.07) is 0. The van der Waals surface area contributed by atoms with E-state index in [9.17, 15) is 4.79 Å². The van der Waals surface area contributed by atoms with Gasteiger partial charge in [-0.1, -0.05) is 5.92 Å². The molecule has 1 rings (SSSR count). The van der Waals surface area contributed by atoms with Gasteiger partial charge < -0.3 is 10.6 Å². The van der Waals surface area contributed by atoms with Crippen molar-refractivity contribution in [3.63, 3.8) is 0 Å². The largest absolute Gasteiger partial charge is 0.355 e. The average molecular weight is 194 g/mol. The van der Waals surface area contributed by atoms with Gasteiger partial charge in [0.1, 0.15) is 0 Å². The van der Waals surface area contributed by atoms with Gasteiger partial charge in [0.15, 0.2) is 0 Å². The Kier molecular flexibility index (Phi) is 5.09. The van der Waals surface area contributed by atoms with E-state index < -0.39 is 0 Å². The molecule has 1 saturated heterocycles. The molecule has 1 aliphatic heterocycles. The lowest BCUT2D eigenvalue weighted by Crippen LogP contribution is -2.33. The third-order valence-corrected chi connectivity index (χ3v) is 2.54. The van der Waals surface area contributed by atoms with Crippen molar-refractivity contribution in [3.05, 3.63) is 0 Å². The Morgan fingerprint density at radius 1 is 1.64 bits per heavy atom. The minimum absolute atomic E-state index is 0.0312. The van der Waals surface area contributed by atoms with E-state index in [4.69, 9.17) is 6.42 Å². The van der Waals surface area contributed by atoms with E-state index in [1.54, 1.807) is 0 Å². The highest BCUT2D eigenvalue weighted by Crippen LogP contribution is 2.12. The number of carbonyl (C=O) groups excluding carboxylic acids is 1. The highest BCUT2D eigenvalue weighted by Gasteiger charge is 2.12. The summed E-state index contributed by atoms with van der Waals surface area (Å²) < 4.78 is 0. The van der Waals surface area contributed by atoms with Gasteiger partial charge in [0.05, 0.1) is 6.42 Å². The fraction of sp³-hybridized carbons (Fsp3) is 0.727. The summed E-state index contributed by atoms with van der Waals surface area (Å²) >= 11 is 0. The lowest BCUT2D eigenvalue weighted by Gasteiger charge is -2.22. The number of nitrogens with one attached hydrogen (secondary N) is 2. The van der Waals surface area contributed by atoms with Gasteiger partial charge in [-0.15, -0.1) is 6.42 Å². The normalized spacial score (nSPS) is 21.2. The summed E-state index contributed by atoms with van der Waals surface area (Å²) in [6.45, 7) is 2.98. The maximum Gasteiger partial charge on any atom is 0.232 e. The second-order valence-electron chi connectivity index (χ2n) is 3.73. The van der Waals surface area contributed by atoms with Crippen LogP contribution in [0.25, 0.3) is 0 Å². The summed E-state index contributed by atoms with van der Waals surface area (Å²) in [6.07, 6.45) is 8.81. The Balaban J connectivity index is 2.03. The van der Waals surface area contributed by atoms with Gasteiger partial charge in [0.2, 0.25) is 5.91 Å². The number of piperidine rings is 1. The first-order valence-corrected chi connectivity index (χ1v) is 5.24. The summed E-state index contributed by atoms with van der Waals surface area (Å²) in [5, 5.41) is 6.17. The third kappa shape index (κ3) is 4.29. The number of terminal acetylenes is 1. The van der Waals surface area contributed by atoms with E-state index in [1.807, 2.05) is 0 Å². The van der Waals surface area contributed by atoms with E-state index in [-0.39, 0.29) is 12.3 Å². The van der Waals surface area contributed by atoms with Crippen LogP contribution in [0.15, 0.2) is 0 Å². The average Bonchev–Trinajstić information content (AvgIpc) is 2.20. The molecule has 0 spiro atoms. The first-order chi connectivity index (χ1) is 6.83. The Morgan fingerprint density at radius 3 is 3.14 bits per heavy atom. The summed E-state index contributed by atoms with van der Waals surface area (Å²) in [5.41, 5.74) is 0. The van der Waals surface area contributed by atoms with Gasteiger partial charge in [-0.25, -0.2) is 0 Å². The molecule has 1 fully saturated rings. The van der Waals surface area contributed by atoms with Crippen molar-refractivity contribution in [1.82, 2.24) is 10.6 Å². The summed E-state index contributed by atoms with van der Waals surface area (Å²) in [4.78, 5) is 11.0. The quantitative estimate of drug-likeness (QED) is 0.640. The van der Waals surface area contributed by atoms with Crippen molar-refractivity contribution >= 4 is 5.91 Å². The van der Waals surface area contributed by atoms with Gasteiger partial charge in [-0.2, -0.15) is 0 Å². The van der Waals surface area contributed by atoms with Crippen molar-refractivity contribution in [2.45, 2.75) is 25.7 Å². The lowest BCUT2D eigenvalue weighted by molar-refractivity contribution is -0.120. The molecular weight excluding hydrogens is 176 g/mol. The molecule has 3 nitrogen and oxygen atoms in total. The van der Waals surface area contributed by atoms with Crippen LogP contribution in [0, 0.1) is 18.3 Å². The van der Waals surface area contributed by atoms with Gasteiger partial charge in [-0.05, 0) is 38.3 Å². The van der Waals surface area contributed by atoms with E-state index in [0.29, 0.717) is 0 Å². The molecule has 0 radical (unpaired) electrons. The zero-order chi connectivity index (χ0) is 10.2. The first kappa shape index (κ1) is 11.1. The van der Waals surface area contributed by atoms with Crippen molar-refractivity contribution in [3.8, 4) is 12.3 Å². The molecule has 1 amide bonds. The number of hydrogen-bond acceptors (Lipinski definition) is 2. The Bertz CT molecular complexity index is 214. The van der Waals surface area contributed by atoms with Crippen molar-refractivity contribution in [1.29, 1.82) is 0 Å². The van der Waals surface area contributed by atoms with Crippen LogP contribution in [0.5, 0.6) is 0 Å². The lowest BCUT2D eigenvalue weighted by atomic mass is 9.96. The van der Waals surface area contributed by atoms with Crippen molar-refractivity contribution in [2.24, 2.45) is 5.92 Å². The molecule has 1 aliphatic rings. The highest BCUT2D eigenvalue weighted by molar-refractivity contribution is 5.78. The summed E-state index contributed by atoms with van der Waals surface area (Å²) in [7, 11) is 0. The van der Waals surface area contributed by atoms with Crippen molar-refractivity contribution in [2.75, 3.05) is 19.6 Å². The van der Waals surface area contributed by atoms with Crippen LogP contribution in [0.2, 0.25) is 0 Å². The Hall–Kier alpha value is -1.01. The molecule has 0 aliphatic carbocycles. The maximum atomic E-state index is 11.0. The SMILES string of the molecule is C#CCC(=O)NCCC1CCCNC1. The van der Waals surface area contributed by atoms with Crippen LogP contribution in [-0.4, -0.2) is 25.5 Å². The third-order valence-electron chi connectivity index (χ3n) is 2.54. The van der Waals surface area contributed by atoms with Crippen molar-refractivity contribution < 1.29 is 4.79 Å². The van der Waals surface area contributed by atoms with Crippen LogP contribution in [-0.2, 0) is 4.79 Å². The number of rotatable bonds is 4. The van der Waals surface area contributed by atoms with E-state index in [2.05, 4.69) is 16.6 Å². The predicted octanol–water partition coefficient (Wildman–Crippen LogP) is 0.516. The molecule has 0 aromatic carbocycles. The van der Waals surface area contributed by atoms with E-state index in [1.165, 1.54) is 12.8 Å². The molecule has 1 atom stereocenters. The minimum Gasteiger partial charge on any atom is -0.355 e.